The van der Waals surface area contributed by atoms with Gasteiger partial charge in [-0.05, 0) is 75.5 Å². The fourth-order valence-corrected chi connectivity index (χ4v) is 4.12. The van der Waals surface area contributed by atoms with Crippen LogP contribution >= 0.6 is 12.2 Å². The number of hydrogen-bond acceptors (Lipinski definition) is 4. The summed E-state index contributed by atoms with van der Waals surface area (Å²) in [5.41, 5.74) is 10.5. The lowest BCUT2D eigenvalue weighted by Crippen LogP contribution is -2.45. The maximum atomic E-state index is 12.5. The average Bonchev–Trinajstić information content (AvgIpc) is 3.13. The van der Waals surface area contributed by atoms with Crippen molar-refractivity contribution >= 4 is 45.6 Å². The number of ketones is 1. The SMILES string of the molecule is CC(=O)c1c(C)n(-c2ccc(C)cc2)c2ccc(OCC(=O)NNC(=S)Nc3ccccc3)cc12. The summed E-state index contributed by atoms with van der Waals surface area (Å²) < 4.78 is 7.76. The number of nitrogens with one attached hydrogen (secondary N) is 3. The van der Waals surface area contributed by atoms with Gasteiger partial charge in [0.15, 0.2) is 17.5 Å². The van der Waals surface area contributed by atoms with Crippen LogP contribution in [0.5, 0.6) is 5.75 Å². The number of benzene rings is 3. The summed E-state index contributed by atoms with van der Waals surface area (Å²) in [5.74, 6) is 0.0561. The molecule has 0 saturated heterocycles. The molecule has 0 saturated carbocycles. The van der Waals surface area contributed by atoms with Crippen molar-refractivity contribution in [3.05, 3.63) is 89.6 Å². The van der Waals surface area contributed by atoms with Gasteiger partial charge in [0.1, 0.15) is 5.75 Å². The fraction of sp³-hybridized carbons (Fsp3) is 0.148. The number of thiocarbonyl (C=S) groups is 1. The van der Waals surface area contributed by atoms with Crippen molar-refractivity contribution in [3.8, 4) is 11.4 Å². The van der Waals surface area contributed by atoms with E-state index in [0.29, 0.717) is 11.3 Å². The molecule has 0 aliphatic rings. The molecule has 0 unspecified atom stereocenters. The van der Waals surface area contributed by atoms with Gasteiger partial charge in [0.2, 0.25) is 0 Å². The average molecular weight is 487 g/mol. The van der Waals surface area contributed by atoms with E-state index < -0.39 is 5.91 Å². The smallest absolute Gasteiger partial charge is 0.276 e. The van der Waals surface area contributed by atoms with Crippen LogP contribution in [0.15, 0.2) is 72.8 Å². The Morgan fingerprint density at radius 1 is 0.943 bits per heavy atom. The number of carbonyl (C=O) groups excluding carboxylic acids is 2. The minimum absolute atomic E-state index is 0.0307. The van der Waals surface area contributed by atoms with Crippen LogP contribution in [0, 0.1) is 13.8 Å². The van der Waals surface area contributed by atoms with Crippen molar-refractivity contribution in [1.29, 1.82) is 0 Å². The second-order valence-electron chi connectivity index (χ2n) is 8.15. The quantitative estimate of drug-likeness (QED) is 0.205. The minimum Gasteiger partial charge on any atom is -0.484 e. The molecule has 0 atom stereocenters. The van der Waals surface area contributed by atoms with Gasteiger partial charge in [-0.3, -0.25) is 20.4 Å². The van der Waals surface area contributed by atoms with Gasteiger partial charge in [-0.1, -0.05) is 35.9 Å². The Bertz CT molecular complexity index is 1400. The molecule has 3 aromatic carbocycles. The largest absolute Gasteiger partial charge is 0.484 e. The normalized spacial score (nSPS) is 10.6. The lowest BCUT2D eigenvalue weighted by Gasteiger charge is -2.12. The van der Waals surface area contributed by atoms with Gasteiger partial charge in [-0.15, -0.1) is 0 Å². The molecule has 1 aromatic heterocycles. The van der Waals surface area contributed by atoms with E-state index in [1.165, 1.54) is 0 Å². The van der Waals surface area contributed by atoms with Crippen LogP contribution in [0.3, 0.4) is 0 Å². The third-order valence-corrected chi connectivity index (χ3v) is 5.74. The van der Waals surface area contributed by atoms with Crippen molar-refractivity contribution in [1.82, 2.24) is 15.4 Å². The Kier molecular flexibility index (Phi) is 7.12. The first kappa shape index (κ1) is 24.0. The van der Waals surface area contributed by atoms with Gasteiger partial charge in [-0.2, -0.15) is 0 Å². The maximum Gasteiger partial charge on any atom is 0.276 e. The third kappa shape index (κ3) is 5.50. The molecule has 3 N–H and O–H groups in total. The third-order valence-electron chi connectivity index (χ3n) is 5.54. The number of rotatable bonds is 6. The Hall–Kier alpha value is -4.17. The Labute approximate surface area is 209 Å². The highest BCUT2D eigenvalue weighted by molar-refractivity contribution is 7.80. The van der Waals surface area contributed by atoms with Crippen molar-refractivity contribution in [2.24, 2.45) is 0 Å². The zero-order valence-electron chi connectivity index (χ0n) is 19.7. The van der Waals surface area contributed by atoms with Gasteiger partial charge in [0.05, 0.1) is 5.52 Å². The first-order valence-electron chi connectivity index (χ1n) is 11.1. The van der Waals surface area contributed by atoms with E-state index in [2.05, 4.69) is 20.7 Å². The van der Waals surface area contributed by atoms with Crippen LogP contribution in [0.1, 0.15) is 28.5 Å². The summed E-state index contributed by atoms with van der Waals surface area (Å²) in [6.45, 7) is 5.30. The molecule has 35 heavy (non-hydrogen) atoms. The number of hydrazine groups is 1. The van der Waals surface area contributed by atoms with E-state index >= 15 is 0 Å². The number of carbonyl (C=O) groups is 2. The molecule has 0 aliphatic heterocycles. The number of amides is 1. The molecule has 1 heterocycles. The van der Waals surface area contributed by atoms with Crippen molar-refractivity contribution in [3.63, 3.8) is 0 Å². The number of Topliss-reactive ketones (excluding diaryl/α,β-unsaturated/α-hetero) is 1. The summed E-state index contributed by atoms with van der Waals surface area (Å²) in [4.78, 5) is 24.7. The molecular weight excluding hydrogens is 460 g/mol. The van der Waals surface area contributed by atoms with Crippen LogP contribution in [0.2, 0.25) is 0 Å². The Balaban J connectivity index is 1.46. The second-order valence-corrected chi connectivity index (χ2v) is 8.56. The van der Waals surface area contributed by atoms with Gasteiger partial charge in [0.25, 0.3) is 5.91 Å². The number of aryl methyl sites for hydroxylation is 1. The second kappa shape index (κ2) is 10.4. The van der Waals surface area contributed by atoms with Gasteiger partial charge >= 0.3 is 0 Å². The number of anilines is 1. The summed E-state index contributed by atoms with van der Waals surface area (Å²) in [6.07, 6.45) is 0. The number of aromatic nitrogens is 1. The molecule has 4 aromatic rings. The standard InChI is InChI=1S/C27H26N4O3S/c1-17-9-11-21(12-10-17)31-18(2)26(19(3)32)23-15-22(13-14-24(23)31)34-16-25(33)29-30-27(35)28-20-7-5-4-6-8-20/h4-15H,16H2,1-3H3,(H,29,33)(H2,28,30,35). The van der Waals surface area contributed by atoms with E-state index in [0.717, 1.165) is 33.5 Å². The molecular formula is C27H26N4O3S. The van der Waals surface area contributed by atoms with Crippen molar-refractivity contribution in [2.45, 2.75) is 20.8 Å². The lowest BCUT2D eigenvalue weighted by molar-refractivity contribution is -0.123. The molecule has 0 fully saturated rings. The highest BCUT2D eigenvalue weighted by atomic mass is 32.1. The summed E-state index contributed by atoms with van der Waals surface area (Å²) >= 11 is 5.17. The van der Waals surface area contributed by atoms with Crippen LogP contribution < -0.4 is 20.9 Å². The van der Waals surface area contributed by atoms with E-state index in [4.69, 9.17) is 17.0 Å². The fourth-order valence-electron chi connectivity index (χ4n) is 3.95. The molecule has 0 bridgehead atoms. The molecule has 178 valence electrons. The summed E-state index contributed by atoms with van der Waals surface area (Å²) in [6, 6.07) is 23.0. The molecule has 1 amide bonds. The number of ether oxygens (including phenoxy) is 1. The monoisotopic (exact) mass is 486 g/mol. The van der Waals surface area contributed by atoms with E-state index in [9.17, 15) is 9.59 Å². The predicted octanol–water partition coefficient (Wildman–Crippen LogP) is 4.85. The highest BCUT2D eigenvalue weighted by Crippen LogP contribution is 2.32. The molecule has 0 spiro atoms. The predicted molar refractivity (Wildman–Crippen MR) is 142 cm³/mol. The first-order chi connectivity index (χ1) is 16.8. The number of fused-ring (bicyclic) bond motifs is 1. The van der Waals surface area contributed by atoms with Crippen molar-refractivity contribution < 1.29 is 14.3 Å². The van der Waals surface area contributed by atoms with Gasteiger partial charge in [0, 0.05) is 28.0 Å². The van der Waals surface area contributed by atoms with Crippen LogP contribution in [-0.4, -0.2) is 28.0 Å². The summed E-state index contributed by atoms with van der Waals surface area (Å²) in [7, 11) is 0. The zero-order valence-corrected chi connectivity index (χ0v) is 20.5. The Morgan fingerprint density at radius 2 is 1.66 bits per heavy atom. The molecule has 0 aliphatic carbocycles. The van der Waals surface area contributed by atoms with E-state index in [-0.39, 0.29) is 17.5 Å². The van der Waals surface area contributed by atoms with Crippen LogP contribution in [-0.2, 0) is 4.79 Å². The molecule has 0 radical (unpaired) electrons. The zero-order chi connectivity index (χ0) is 24.9. The van der Waals surface area contributed by atoms with Gasteiger partial charge in [-0.25, -0.2) is 0 Å². The van der Waals surface area contributed by atoms with Gasteiger partial charge < -0.3 is 14.6 Å². The lowest BCUT2D eigenvalue weighted by atomic mass is 10.1. The topological polar surface area (TPSA) is 84.4 Å². The molecule has 8 heteroatoms. The maximum absolute atomic E-state index is 12.5. The number of nitrogens with zero attached hydrogens (tertiary/aromatic N) is 1. The van der Waals surface area contributed by atoms with Crippen LogP contribution in [0.4, 0.5) is 5.69 Å². The number of para-hydroxylation sites is 1. The van der Waals surface area contributed by atoms with E-state index in [1.54, 1.807) is 19.1 Å². The highest BCUT2D eigenvalue weighted by Gasteiger charge is 2.19. The summed E-state index contributed by atoms with van der Waals surface area (Å²) in [5, 5.41) is 3.99. The van der Waals surface area contributed by atoms with Crippen LogP contribution in [0.25, 0.3) is 16.6 Å². The number of hydrogen-bond donors (Lipinski definition) is 3. The van der Waals surface area contributed by atoms with E-state index in [1.807, 2.05) is 74.5 Å². The minimum atomic E-state index is -0.400. The van der Waals surface area contributed by atoms with Crippen molar-refractivity contribution in [2.75, 3.05) is 11.9 Å². The molecule has 7 nitrogen and oxygen atoms in total. The molecule has 4 rings (SSSR count). The first-order valence-corrected chi connectivity index (χ1v) is 11.5. The Morgan fingerprint density at radius 3 is 2.34 bits per heavy atom.